The molecule has 3 aliphatic heterocycles. The zero-order valence-electron chi connectivity index (χ0n) is 16.2. The van der Waals surface area contributed by atoms with Crippen molar-refractivity contribution in [3.8, 4) is 0 Å². The van der Waals surface area contributed by atoms with Crippen molar-refractivity contribution in [1.29, 1.82) is 0 Å². The van der Waals surface area contributed by atoms with E-state index in [-0.39, 0.29) is 29.1 Å². The van der Waals surface area contributed by atoms with E-state index in [1.807, 2.05) is 4.90 Å². The highest BCUT2D eigenvalue weighted by molar-refractivity contribution is 5.84. The first kappa shape index (κ1) is 18.1. The second-order valence-corrected chi connectivity index (χ2v) is 9.20. The Morgan fingerprint density at radius 2 is 1.86 bits per heavy atom. The van der Waals surface area contributed by atoms with Gasteiger partial charge >= 0.3 is 0 Å². The zero-order valence-corrected chi connectivity index (χ0v) is 16.2. The molecule has 28 heavy (non-hydrogen) atoms. The molecule has 150 valence electrons. The number of rotatable bonds is 4. The van der Waals surface area contributed by atoms with Crippen LogP contribution >= 0.6 is 0 Å². The molecule has 3 saturated heterocycles. The van der Waals surface area contributed by atoms with Crippen molar-refractivity contribution in [3.63, 3.8) is 0 Å². The third kappa shape index (κ3) is 3.32. The summed E-state index contributed by atoms with van der Waals surface area (Å²) in [6.07, 6.45) is 4.67. The van der Waals surface area contributed by atoms with Crippen molar-refractivity contribution in [2.75, 3.05) is 32.7 Å². The van der Waals surface area contributed by atoms with E-state index in [0.717, 1.165) is 44.0 Å². The molecule has 1 aromatic carbocycles. The first-order valence-electron chi connectivity index (χ1n) is 10.6. The van der Waals surface area contributed by atoms with Gasteiger partial charge in [0.1, 0.15) is 5.82 Å². The molecule has 1 N–H and O–H groups in total. The Morgan fingerprint density at radius 1 is 1.14 bits per heavy atom. The van der Waals surface area contributed by atoms with Gasteiger partial charge in [0, 0.05) is 44.2 Å². The number of halogens is 1. The summed E-state index contributed by atoms with van der Waals surface area (Å²) in [6.45, 7) is 4.45. The molecular weight excluding hydrogens is 357 g/mol. The van der Waals surface area contributed by atoms with Crippen LogP contribution in [0.3, 0.4) is 0 Å². The number of likely N-dealkylation sites (tertiary alicyclic amines) is 2. The van der Waals surface area contributed by atoms with Crippen LogP contribution in [0.1, 0.15) is 31.2 Å². The van der Waals surface area contributed by atoms with Crippen molar-refractivity contribution in [1.82, 2.24) is 15.1 Å². The van der Waals surface area contributed by atoms with Gasteiger partial charge in [-0.1, -0.05) is 12.1 Å². The first-order chi connectivity index (χ1) is 13.5. The van der Waals surface area contributed by atoms with Crippen molar-refractivity contribution < 1.29 is 14.0 Å². The van der Waals surface area contributed by atoms with Gasteiger partial charge in [0.25, 0.3) is 0 Å². The Hall–Kier alpha value is -1.95. The molecule has 1 spiro atoms. The molecule has 1 aromatic rings. The quantitative estimate of drug-likeness (QED) is 0.860. The molecule has 1 saturated carbocycles. The third-order valence-corrected chi connectivity index (χ3v) is 7.30. The molecule has 4 aliphatic rings. The third-order valence-electron chi connectivity index (χ3n) is 7.30. The van der Waals surface area contributed by atoms with Crippen LogP contribution in [-0.4, -0.2) is 59.9 Å². The molecule has 4 fully saturated rings. The van der Waals surface area contributed by atoms with E-state index < -0.39 is 0 Å². The molecule has 3 heterocycles. The summed E-state index contributed by atoms with van der Waals surface area (Å²) in [4.78, 5) is 29.7. The maximum absolute atomic E-state index is 13.1. The lowest BCUT2D eigenvalue weighted by molar-refractivity contribution is -0.132. The molecule has 0 radical (unpaired) electrons. The molecule has 6 heteroatoms. The van der Waals surface area contributed by atoms with Crippen LogP contribution in [0.25, 0.3) is 0 Å². The van der Waals surface area contributed by atoms with Crippen LogP contribution < -0.4 is 5.32 Å². The number of carbonyl (C=O) groups is 2. The van der Waals surface area contributed by atoms with E-state index in [2.05, 4.69) is 10.2 Å². The topological polar surface area (TPSA) is 52.7 Å². The number of benzene rings is 1. The summed E-state index contributed by atoms with van der Waals surface area (Å²) < 4.78 is 13.1. The average Bonchev–Trinajstić information content (AvgIpc) is 3.33. The van der Waals surface area contributed by atoms with Crippen molar-refractivity contribution in [3.05, 3.63) is 35.6 Å². The summed E-state index contributed by atoms with van der Waals surface area (Å²) >= 11 is 0. The number of piperidine rings is 1. The van der Waals surface area contributed by atoms with E-state index in [9.17, 15) is 14.0 Å². The SMILES string of the molecule is O=C1NC2(CCN(C(=O)Cc3ccc(F)cc3)CC2)[C@H]2CN(CC3CC3)C[C@@H]12. The van der Waals surface area contributed by atoms with Crippen LogP contribution in [0.2, 0.25) is 0 Å². The lowest BCUT2D eigenvalue weighted by Gasteiger charge is -2.43. The smallest absolute Gasteiger partial charge is 0.226 e. The maximum atomic E-state index is 13.1. The van der Waals surface area contributed by atoms with Crippen molar-refractivity contribution >= 4 is 11.8 Å². The van der Waals surface area contributed by atoms with Crippen LogP contribution in [0, 0.1) is 23.6 Å². The van der Waals surface area contributed by atoms with Crippen molar-refractivity contribution in [2.45, 2.75) is 37.6 Å². The number of amides is 2. The number of fused-ring (bicyclic) bond motifs is 2. The fourth-order valence-corrected chi connectivity index (χ4v) is 5.50. The van der Waals surface area contributed by atoms with Gasteiger partial charge in [-0.05, 0) is 49.3 Å². The number of hydrogen-bond acceptors (Lipinski definition) is 3. The fourth-order valence-electron chi connectivity index (χ4n) is 5.50. The highest BCUT2D eigenvalue weighted by Crippen LogP contribution is 2.45. The van der Waals surface area contributed by atoms with Gasteiger partial charge in [-0.15, -0.1) is 0 Å². The van der Waals surface area contributed by atoms with E-state index >= 15 is 0 Å². The molecular formula is C22H28FN3O2. The summed E-state index contributed by atoms with van der Waals surface area (Å²) in [5.74, 6) is 1.38. The van der Waals surface area contributed by atoms with Gasteiger partial charge in [0.15, 0.2) is 0 Å². The average molecular weight is 385 g/mol. The summed E-state index contributed by atoms with van der Waals surface area (Å²) in [6, 6.07) is 6.14. The number of hydrogen-bond donors (Lipinski definition) is 1. The normalized spacial score (nSPS) is 29.2. The summed E-state index contributed by atoms with van der Waals surface area (Å²) in [7, 11) is 0. The van der Waals surface area contributed by atoms with E-state index in [4.69, 9.17) is 0 Å². The van der Waals surface area contributed by atoms with Crippen LogP contribution in [0.4, 0.5) is 4.39 Å². The predicted molar refractivity (Wildman–Crippen MR) is 103 cm³/mol. The Balaban J connectivity index is 1.20. The molecule has 0 unspecified atom stereocenters. The van der Waals surface area contributed by atoms with Crippen LogP contribution in [0.5, 0.6) is 0 Å². The van der Waals surface area contributed by atoms with Gasteiger partial charge in [0.2, 0.25) is 11.8 Å². The van der Waals surface area contributed by atoms with E-state index in [1.54, 1.807) is 12.1 Å². The second-order valence-electron chi connectivity index (χ2n) is 9.20. The molecule has 2 amide bonds. The van der Waals surface area contributed by atoms with Gasteiger partial charge in [0.05, 0.1) is 12.3 Å². The highest BCUT2D eigenvalue weighted by Gasteiger charge is 2.57. The monoisotopic (exact) mass is 385 g/mol. The highest BCUT2D eigenvalue weighted by atomic mass is 19.1. The molecule has 0 bridgehead atoms. The Labute approximate surface area is 165 Å². The van der Waals surface area contributed by atoms with Crippen molar-refractivity contribution in [2.24, 2.45) is 17.8 Å². The Kier molecular flexibility index (Phi) is 4.42. The Morgan fingerprint density at radius 3 is 2.54 bits per heavy atom. The Bertz CT molecular complexity index is 768. The van der Waals surface area contributed by atoms with Crippen LogP contribution in [-0.2, 0) is 16.0 Å². The summed E-state index contributed by atoms with van der Waals surface area (Å²) in [5.41, 5.74) is 0.708. The molecule has 0 aromatic heterocycles. The fraction of sp³-hybridized carbons (Fsp3) is 0.636. The standard InChI is InChI=1S/C22H28FN3O2/c23-17-5-3-15(4-6-17)11-20(27)26-9-7-22(8-10-26)19-14-25(12-16-1-2-16)13-18(19)21(28)24-22/h3-6,16,18-19H,1-2,7-14H2,(H,24,28)/t18-,19+/m1/s1. The molecule has 5 nitrogen and oxygen atoms in total. The molecule has 1 aliphatic carbocycles. The zero-order chi connectivity index (χ0) is 19.3. The maximum Gasteiger partial charge on any atom is 0.226 e. The number of nitrogens with zero attached hydrogens (tertiary/aromatic N) is 2. The lowest BCUT2D eigenvalue weighted by Crippen LogP contribution is -2.56. The van der Waals surface area contributed by atoms with E-state index in [1.165, 1.54) is 25.0 Å². The van der Waals surface area contributed by atoms with Crippen LogP contribution in [0.15, 0.2) is 24.3 Å². The molecule has 5 rings (SSSR count). The largest absolute Gasteiger partial charge is 0.350 e. The number of carbonyl (C=O) groups excluding carboxylic acids is 2. The minimum Gasteiger partial charge on any atom is -0.350 e. The predicted octanol–water partition coefficient (Wildman–Crippen LogP) is 1.82. The minimum atomic E-state index is -0.282. The lowest BCUT2D eigenvalue weighted by atomic mass is 9.75. The minimum absolute atomic E-state index is 0.0871. The van der Waals surface area contributed by atoms with Gasteiger partial charge < -0.3 is 15.1 Å². The van der Waals surface area contributed by atoms with Gasteiger partial charge in [-0.2, -0.15) is 0 Å². The van der Waals surface area contributed by atoms with Gasteiger partial charge in [-0.3, -0.25) is 9.59 Å². The van der Waals surface area contributed by atoms with E-state index in [0.29, 0.717) is 25.4 Å². The summed E-state index contributed by atoms with van der Waals surface area (Å²) in [5, 5.41) is 3.33. The molecule has 2 atom stereocenters. The first-order valence-corrected chi connectivity index (χ1v) is 10.6. The number of nitrogens with one attached hydrogen (secondary N) is 1. The van der Waals surface area contributed by atoms with Gasteiger partial charge in [-0.25, -0.2) is 4.39 Å². The second kappa shape index (κ2) is 6.83.